The van der Waals surface area contributed by atoms with Crippen molar-refractivity contribution >= 4 is 11.9 Å². The average molecular weight is 273 g/mol. The van der Waals surface area contributed by atoms with Crippen molar-refractivity contribution in [1.29, 1.82) is 0 Å². The van der Waals surface area contributed by atoms with Gasteiger partial charge < -0.3 is 15.2 Å². The summed E-state index contributed by atoms with van der Waals surface area (Å²) in [5.41, 5.74) is 2.81. The number of aryl methyl sites for hydroxylation is 3. The summed E-state index contributed by atoms with van der Waals surface area (Å²) in [5, 5.41) is 5.78. The quantitative estimate of drug-likeness (QED) is 0.857. The van der Waals surface area contributed by atoms with Gasteiger partial charge in [-0.15, -0.1) is 0 Å². The maximum atomic E-state index is 11.8. The first-order chi connectivity index (χ1) is 9.54. The van der Waals surface area contributed by atoms with E-state index in [1.807, 2.05) is 49.9 Å². The molecule has 2 heterocycles. The van der Waals surface area contributed by atoms with E-state index in [2.05, 4.69) is 20.6 Å². The number of carbonyl (C=O) groups is 1. The van der Waals surface area contributed by atoms with Crippen molar-refractivity contribution in [2.75, 3.05) is 11.9 Å². The molecule has 0 spiro atoms. The molecule has 0 aromatic carbocycles. The highest BCUT2D eigenvalue weighted by Crippen LogP contribution is 2.03. The SMILES string of the molecule is Cc1cc(C)nc(NCC(=O)NCc2cccn2C)n1. The first-order valence-electron chi connectivity index (χ1n) is 6.47. The zero-order valence-electron chi connectivity index (χ0n) is 12.0. The van der Waals surface area contributed by atoms with E-state index < -0.39 is 0 Å². The second-order valence-corrected chi connectivity index (χ2v) is 4.72. The lowest BCUT2D eigenvalue weighted by molar-refractivity contribution is -0.119. The molecule has 0 aliphatic carbocycles. The van der Waals surface area contributed by atoms with Crippen LogP contribution < -0.4 is 10.6 Å². The Labute approximate surface area is 118 Å². The van der Waals surface area contributed by atoms with E-state index in [0.29, 0.717) is 12.5 Å². The van der Waals surface area contributed by atoms with E-state index in [4.69, 9.17) is 0 Å². The monoisotopic (exact) mass is 273 g/mol. The van der Waals surface area contributed by atoms with Gasteiger partial charge in [-0.1, -0.05) is 0 Å². The van der Waals surface area contributed by atoms with E-state index in [9.17, 15) is 4.79 Å². The van der Waals surface area contributed by atoms with Crippen molar-refractivity contribution in [2.24, 2.45) is 7.05 Å². The smallest absolute Gasteiger partial charge is 0.239 e. The number of carbonyl (C=O) groups excluding carboxylic acids is 1. The second-order valence-electron chi connectivity index (χ2n) is 4.72. The van der Waals surface area contributed by atoms with Crippen molar-refractivity contribution in [3.05, 3.63) is 41.5 Å². The molecule has 2 N–H and O–H groups in total. The number of hydrogen-bond acceptors (Lipinski definition) is 4. The Morgan fingerprint density at radius 2 is 2.00 bits per heavy atom. The number of nitrogens with zero attached hydrogens (tertiary/aromatic N) is 3. The highest BCUT2D eigenvalue weighted by atomic mass is 16.1. The zero-order chi connectivity index (χ0) is 14.5. The minimum atomic E-state index is -0.0889. The number of hydrogen-bond donors (Lipinski definition) is 2. The lowest BCUT2D eigenvalue weighted by atomic mass is 10.3. The second kappa shape index (κ2) is 6.18. The molecule has 2 aromatic heterocycles. The van der Waals surface area contributed by atoms with Crippen LogP contribution in [0.1, 0.15) is 17.1 Å². The van der Waals surface area contributed by atoms with E-state index in [0.717, 1.165) is 17.1 Å². The van der Waals surface area contributed by atoms with Crippen molar-refractivity contribution < 1.29 is 4.79 Å². The minimum Gasteiger partial charge on any atom is -0.353 e. The Balaban J connectivity index is 1.82. The maximum absolute atomic E-state index is 11.8. The number of rotatable bonds is 5. The van der Waals surface area contributed by atoms with Crippen LogP contribution in [-0.2, 0) is 18.4 Å². The molecule has 6 heteroatoms. The van der Waals surface area contributed by atoms with Gasteiger partial charge in [0, 0.05) is 30.3 Å². The third-order valence-electron chi connectivity index (χ3n) is 2.91. The zero-order valence-corrected chi connectivity index (χ0v) is 12.0. The Morgan fingerprint density at radius 1 is 1.30 bits per heavy atom. The van der Waals surface area contributed by atoms with Crippen LogP contribution in [0.3, 0.4) is 0 Å². The molecule has 0 unspecified atom stereocenters. The maximum Gasteiger partial charge on any atom is 0.239 e. The number of amides is 1. The van der Waals surface area contributed by atoms with Crippen molar-refractivity contribution in [1.82, 2.24) is 19.9 Å². The van der Waals surface area contributed by atoms with Gasteiger partial charge in [-0.05, 0) is 32.0 Å². The molecule has 0 bridgehead atoms. The van der Waals surface area contributed by atoms with E-state index in [1.165, 1.54) is 0 Å². The van der Waals surface area contributed by atoms with Gasteiger partial charge in [-0.25, -0.2) is 9.97 Å². The normalized spacial score (nSPS) is 10.3. The molecule has 0 aliphatic heterocycles. The molecule has 0 saturated heterocycles. The molecule has 0 fully saturated rings. The highest BCUT2D eigenvalue weighted by molar-refractivity contribution is 5.80. The number of anilines is 1. The van der Waals surface area contributed by atoms with Crippen molar-refractivity contribution in [2.45, 2.75) is 20.4 Å². The molecule has 0 aliphatic rings. The largest absolute Gasteiger partial charge is 0.353 e. The molecule has 0 atom stereocenters. The summed E-state index contributed by atoms with van der Waals surface area (Å²) < 4.78 is 1.97. The minimum absolute atomic E-state index is 0.0889. The highest BCUT2D eigenvalue weighted by Gasteiger charge is 2.05. The van der Waals surface area contributed by atoms with Gasteiger partial charge in [-0.3, -0.25) is 4.79 Å². The number of nitrogens with one attached hydrogen (secondary N) is 2. The Bertz CT molecular complexity index is 585. The van der Waals surface area contributed by atoms with Crippen LogP contribution in [0.4, 0.5) is 5.95 Å². The standard InChI is InChI=1S/C14H19N5O/c1-10-7-11(2)18-14(17-10)16-9-13(20)15-8-12-5-4-6-19(12)3/h4-7H,8-9H2,1-3H3,(H,15,20)(H,16,17,18). The first-order valence-corrected chi connectivity index (χ1v) is 6.47. The summed E-state index contributed by atoms with van der Waals surface area (Å²) in [7, 11) is 1.95. The summed E-state index contributed by atoms with van der Waals surface area (Å²) in [6, 6.07) is 5.81. The molecule has 1 amide bonds. The summed E-state index contributed by atoms with van der Waals surface area (Å²) in [5.74, 6) is 0.394. The predicted octanol–water partition coefficient (Wildman–Crippen LogP) is 1.16. The van der Waals surface area contributed by atoms with Crippen molar-refractivity contribution in [3.63, 3.8) is 0 Å². The topological polar surface area (TPSA) is 71.8 Å². The molecule has 2 rings (SSSR count). The lowest BCUT2D eigenvalue weighted by Gasteiger charge is -2.08. The van der Waals surface area contributed by atoms with Crippen LogP contribution in [0.15, 0.2) is 24.4 Å². The third-order valence-corrected chi connectivity index (χ3v) is 2.91. The Morgan fingerprint density at radius 3 is 2.60 bits per heavy atom. The van der Waals surface area contributed by atoms with Gasteiger partial charge in [-0.2, -0.15) is 0 Å². The molecule has 106 valence electrons. The Hall–Kier alpha value is -2.37. The summed E-state index contributed by atoms with van der Waals surface area (Å²) in [6.45, 7) is 4.47. The van der Waals surface area contributed by atoms with Gasteiger partial charge in [0.15, 0.2) is 0 Å². The summed E-state index contributed by atoms with van der Waals surface area (Å²) in [6.07, 6.45) is 1.95. The molecule has 6 nitrogen and oxygen atoms in total. The fourth-order valence-corrected chi connectivity index (χ4v) is 1.90. The summed E-state index contributed by atoms with van der Waals surface area (Å²) in [4.78, 5) is 20.2. The fourth-order valence-electron chi connectivity index (χ4n) is 1.90. The fraction of sp³-hybridized carbons (Fsp3) is 0.357. The van der Waals surface area contributed by atoms with Crippen LogP contribution in [0.25, 0.3) is 0 Å². The predicted molar refractivity (Wildman–Crippen MR) is 77.3 cm³/mol. The average Bonchev–Trinajstić information content (AvgIpc) is 2.78. The molecular formula is C14H19N5O. The Kier molecular flexibility index (Phi) is 4.34. The third kappa shape index (κ3) is 3.81. The van der Waals surface area contributed by atoms with Gasteiger partial charge in [0.1, 0.15) is 0 Å². The molecular weight excluding hydrogens is 254 g/mol. The van der Waals surface area contributed by atoms with E-state index >= 15 is 0 Å². The van der Waals surface area contributed by atoms with E-state index in [-0.39, 0.29) is 12.5 Å². The van der Waals surface area contributed by atoms with Crippen LogP contribution >= 0.6 is 0 Å². The van der Waals surface area contributed by atoms with Crippen molar-refractivity contribution in [3.8, 4) is 0 Å². The van der Waals surface area contributed by atoms with Crippen LogP contribution in [0, 0.1) is 13.8 Å². The number of aromatic nitrogens is 3. The van der Waals surface area contributed by atoms with Crippen LogP contribution in [-0.4, -0.2) is 27.0 Å². The van der Waals surface area contributed by atoms with Crippen LogP contribution in [0.2, 0.25) is 0 Å². The summed E-state index contributed by atoms with van der Waals surface area (Å²) >= 11 is 0. The van der Waals surface area contributed by atoms with E-state index in [1.54, 1.807) is 0 Å². The lowest BCUT2D eigenvalue weighted by Crippen LogP contribution is -2.30. The first kappa shape index (κ1) is 14.0. The van der Waals surface area contributed by atoms with Gasteiger partial charge in [0.05, 0.1) is 13.1 Å². The van der Waals surface area contributed by atoms with Crippen LogP contribution in [0.5, 0.6) is 0 Å². The molecule has 0 radical (unpaired) electrons. The van der Waals surface area contributed by atoms with Gasteiger partial charge in [0.2, 0.25) is 11.9 Å². The van der Waals surface area contributed by atoms with Gasteiger partial charge in [0.25, 0.3) is 0 Å². The molecule has 0 saturated carbocycles. The molecule has 20 heavy (non-hydrogen) atoms. The molecule has 2 aromatic rings. The van der Waals surface area contributed by atoms with Gasteiger partial charge >= 0.3 is 0 Å².